The van der Waals surface area contributed by atoms with E-state index in [-0.39, 0.29) is 17.9 Å². The number of aryl methyl sites for hydroxylation is 1. The summed E-state index contributed by atoms with van der Waals surface area (Å²) < 4.78 is 10.7. The number of ether oxygens (including phenoxy) is 2. The number of H-pyrrole nitrogens is 1. The van der Waals surface area contributed by atoms with Gasteiger partial charge in [-0.2, -0.15) is 0 Å². The summed E-state index contributed by atoms with van der Waals surface area (Å²) in [4.78, 5) is 29.3. The van der Waals surface area contributed by atoms with Crippen molar-refractivity contribution in [2.75, 3.05) is 20.8 Å². The topological polar surface area (TPSA) is 83.7 Å². The number of methoxy groups -OCH3 is 2. The van der Waals surface area contributed by atoms with Gasteiger partial charge in [-0.3, -0.25) is 9.69 Å². The first-order valence-electron chi connectivity index (χ1n) is 9.34. The van der Waals surface area contributed by atoms with Gasteiger partial charge in [0.2, 0.25) is 0 Å². The van der Waals surface area contributed by atoms with Gasteiger partial charge in [0.1, 0.15) is 17.5 Å². The zero-order valence-corrected chi connectivity index (χ0v) is 16.3. The van der Waals surface area contributed by atoms with Crippen molar-refractivity contribution in [3.05, 3.63) is 23.9 Å². The lowest BCUT2D eigenvalue weighted by atomic mass is 9.99. The Balaban J connectivity index is 1.65. The maximum absolute atomic E-state index is 12.5. The van der Waals surface area contributed by atoms with Gasteiger partial charge < -0.3 is 19.8 Å². The molecule has 1 aliphatic heterocycles. The number of urea groups is 1. The number of imide groups is 1. The average molecular weight is 373 g/mol. The lowest BCUT2D eigenvalue weighted by Gasteiger charge is -2.16. The molecule has 3 rings (SSSR count). The molecule has 0 bridgehead atoms. The van der Waals surface area contributed by atoms with Crippen LogP contribution < -0.4 is 14.8 Å². The van der Waals surface area contributed by atoms with Gasteiger partial charge in [-0.15, -0.1) is 0 Å². The van der Waals surface area contributed by atoms with E-state index >= 15 is 0 Å². The number of nitrogens with zero attached hydrogens (tertiary/aromatic N) is 1. The lowest BCUT2D eigenvalue weighted by Crippen LogP contribution is -2.36. The van der Waals surface area contributed by atoms with E-state index in [1.807, 2.05) is 32.0 Å². The summed E-state index contributed by atoms with van der Waals surface area (Å²) in [5.74, 6) is 1.50. The summed E-state index contributed by atoms with van der Waals surface area (Å²) in [6.45, 7) is 4.41. The monoisotopic (exact) mass is 373 g/mol. The van der Waals surface area contributed by atoms with Crippen LogP contribution in [0.2, 0.25) is 0 Å². The second kappa shape index (κ2) is 7.90. The quantitative estimate of drug-likeness (QED) is 0.697. The van der Waals surface area contributed by atoms with Crippen LogP contribution in [0.1, 0.15) is 32.4 Å². The summed E-state index contributed by atoms with van der Waals surface area (Å²) in [7, 11) is 3.25. The lowest BCUT2D eigenvalue weighted by molar-refractivity contribution is -0.128. The van der Waals surface area contributed by atoms with Crippen LogP contribution in [0, 0.1) is 5.92 Å². The number of hydrogen-bond donors (Lipinski definition) is 2. The molecule has 2 atom stereocenters. The molecule has 27 heavy (non-hydrogen) atoms. The number of aromatic amines is 1. The Hall–Kier alpha value is -2.70. The van der Waals surface area contributed by atoms with Crippen LogP contribution in [0.4, 0.5) is 4.79 Å². The van der Waals surface area contributed by atoms with Crippen LogP contribution >= 0.6 is 0 Å². The molecule has 7 nitrogen and oxygen atoms in total. The number of benzene rings is 1. The van der Waals surface area contributed by atoms with Gasteiger partial charge >= 0.3 is 6.03 Å². The van der Waals surface area contributed by atoms with E-state index in [1.54, 1.807) is 14.2 Å². The first-order chi connectivity index (χ1) is 13.0. The van der Waals surface area contributed by atoms with Crippen molar-refractivity contribution < 1.29 is 19.1 Å². The average Bonchev–Trinajstić information content (AvgIpc) is 3.21. The third-order valence-corrected chi connectivity index (χ3v) is 5.28. The molecule has 2 aromatic rings. The molecular formula is C20H27N3O4. The number of aromatic nitrogens is 1. The minimum atomic E-state index is -0.396. The summed E-state index contributed by atoms with van der Waals surface area (Å²) >= 11 is 0. The predicted octanol–water partition coefficient (Wildman–Crippen LogP) is 3.08. The van der Waals surface area contributed by atoms with Crippen LogP contribution in [0.25, 0.3) is 10.9 Å². The van der Waals surface area contributed by atoms with E-state index in [2.05, 4.69) is 10.3 Å². The summed E-state index contributed by atoms with van der Waals surface area (Å²) in [6.07, 6.45) is 2.27. The minimum Gasteiger partial charge on any atom is -0.497 e. The van der Waals surface area contributed by atoms with E-state index in [0.717, 1.165) is 40.9 Å². The minimum absolute atomic E-state index is 0.114. The molecule has 2 heterocycles. The second-order valence-corrected chi connectivity index (χ2v) is 6.99. The van der Waals surface area contributed by atoms with Crippen molar-refractivity contribution in [2.45, 2.75) is 39.2 Å². The van der Waals surface area contributed by atoms with Crippen LogP contribution in [0.15, 0.2) is 18.2 Å². The molecular weight excluding hydrogens is 346 g/mol. The first-order valence-corrected chi connectivity index (χ1v) is 9.34. The third kappa shape index (κ3) is 3.72. The summed E-state index contributed by atoms with van der Waals surface area (Å²) in [5, 5.41) is 3.79. The molecule has 0 unspecified atom stereocenters. The summed E-state index contributed by atoms with van der Waals surface area (Å²) in [6, 6.07) is 5.14. The molecule has 0 saturated carbocycles. The number of amides is 3. The Bertz CT molecular complexity index is 845. The number of carbonyl (C=O) groups is 2. The van der Waals surface area contributed by atoms with E-state index in [1.165, 1.54) is 4.90 Å². The standard InChI is InChI=1S/C20H27N3O4/c1-5-12(2)18-19(24)23(20(25)22-18)8-6-7-13-9-15-16(21-13)10-14(26-3)11-17(15)27-4/h9-12,18,21H,5-8H2,1-4H3,(H,22,25)/t12-,18-/m0/s1. The fourth-order valence-corrected chi connectivity index (χ4v) is 3.46. The third-order valence-electron chi connectivity index (χ3n) is 5.28. The number of nitrogens with one attached hydrogen (secondary N) is 2. The largest absolute Gasteiger partial charge is 0.497 e. The molecule has 146 valence electrons. The molecule has 7 heteroatoms. The van der Waals surface area contributed by atoms with Gasteiger partial charge in [0.05, 0.1) is 19.7 Å². The first kappa shape index (κ1) is 19.1. The van der Waals surface area contributed by atoms with E-state index in [9.17, 15) is 9.59 Å². The fraction of sp³-hybridized carbons (Fsp3) is 0.500. The van der Waals surface area contributed by atoms with Gasteiger partial charge in [0.25, 0.3) is 5.91 Å². The maximum Gasteiger partial charge on any atom is 0.324 e. The van der Waals surface area contributed by atoms with Crippen molar-refractivity contribution in [2.24, 2.45) is 5.92 Å². The Morgan fingerprint density at radius 3 is 2.63 bits per heavy atom. The zero-order chi connectivity index (χ0) is 19.6. The van der Waals surface area contributed by atoms with E-state index in [0.29, 0.717) is 13.0 Å². The van der Waals surface area contributed by atoms with Crippen LogP contribution in [-0.2, 0) is 11.2 Å². The Morgan fingerprint density at radius 1 is 1.19 bits per heavy atom. The zero-order valence-electron chi connectivity index (χ0n) is 16.3. The molecule has 0 spiro atoms. The Kier molecular flexibility index (Phi) is 5.58. The van der Waals surface area contributed by atoms with Crippen LogP contribution in [0.5, 0.6) is 11.5 Å². The maximum atomic E-state index is 12.5. The van der Waals surface area contributed by atoms with Crippen molar-refractivity contribution >= 4 is 22.8 Å². The highest BCUT2D eigenvalue weighted by Crippen LogP contribution is 2.31. The van der Waals surface area contributed by atoms with Gasteiger partial charge in [0.15, 0.2) is 0 Å². The Morgan fingerprint density at radius 2 is 1.96 bits per heavy atom. The van der Waals surface area contributed by atoms with Gasteiger partial charge in [-0.1, -0.05) is 20.3 Å². The SMILES string of the molecule is CC[C@H](C)[C@@H]1NC(=O)N(CCCc2cc3c(OC)cc(OC)cc3[nH]2)C1=O. The van der Waals surface area contributed by atoms with Crippen molar-refractivity contribution in [1.82, 2.24) is 15.2 Å². The van der Waals surface area contributed by atoms with Crippen molar-refractivity contribution in [1.29, 1.82) is 0 Å². The highest BCUT2D eigenvalue weighted by Gasteiger charge is 2.39. The smallest absolute Gasteiger partial charge is 0.324 e. The highest BCUT2D eigenvalue weighted by atomic mass is 16.5. The normalized spacial score (nSPS) is 18.1. The van der Waals surface area contributed by atoms with Crippen molar-refractivity contribution in [3.63, 3.8) is 0 Å². The van der Waals surface area contributed by atoms with E-state index < -0.39 is 6.04 Å². The molecule has 2 N–H and O–H groups in total. The van der Waals surface area contributed by atoms with Crippen LogP contribution in [0.3, 0.4) is 0 Å². The number of rotatable bonds is 8. The number of carbonyl (C=O) groups excluding carboxylic acids is 2. The fourth-order valence-electron chi connectivity index (χ4n) is 3.46. The highest BCUT2D eigenvalue weighted by molar-refractivity contribution is 6.04. The predicted molar refractivity (Wildman–Crippen MR) is 103 cm³/mol. The number of hydrogen-bond acceptors (Lipinski definition) is 4. The van der Waals surface area contributed by atoms with Crippen molar-refractivity contribution in [3.8, 4) is 11.5 Å². The van der Waals surface area contributed by atoms with Crippen LogP contribution in [-0.4, -0.2) is 48.6 Å². The van der Waals surface area contributed by atoms with Gasteiger partial charge in [-0.05, 0) is 24.8 Å². The van der Waals surface area contributed by atoms with E-state index in [4.69, 9.17) is 9.47 Å². The van der Waals surface area contributed by atoms with Gasteiger partial charge in [-0.25, -0.2) is 4.79 Å². The molecule has 1 saturated heterocycles. The molecule has 3 amide bonds. The molecule has 1 aliphatic rings. The Labute approximate surface area is 159 Å². The molecule has 1 aromatic carbocycles. The summed E-state index contributed by atoms with van der Waals surface area (Å²) in [5.41, 5.74) is 1.97. The second-order valence-electron chi connectivity index (χ2n) is 6.99. The van der Waals surface area contributed by atoms with Gasteiger partial charge in [0, 0.05) is 29.8 Å². The molecule has 0 aliphatic carbocycles. The number of fused-ring (bicyclic) bond motifs is 1. The molecule has 1 fully saturated rings. The molecule has 1 aromatic heterocycles. The molecule has 0 radical (unpaired) electrons.